The van der Waals surface area contributed by atoms with Crippen molar-refractivity contribution < 1.29 is 14.3 Å². The fourth-order valence-electron chi connectivity index (χ4n) is 1.43. The van der Waals surface area contributed by atoms with Crippen LogP contribution in [0.15, 0.2) is 42.5 Å². The molecule has 0 bridgehead atoms. The second-order valence-corrected chi connectivity index (χ2v) is 4.51. The number of ether oxygens (including phenoxy) is 2. The van der Waals surface area contributed by atoms with Gasteiger partial charge in [-0.1, -0.05) is 23.2 Å². The van der Waals surface area contributed by atoms with Gasteiger partial charge in [-0.05, 0) is 36.4 Å². The molecular formula is C14H10Cl2O3. The topological polar surface area (TPSA) is 35.5 Å². The zero-order valence-corrected chi connectivity index (χ0v) is 11.5. The van der Waals surface area contributed by atoms with Gasteiger partial charge in [0.15, 0.2) is 0 Å². The molecule has 5 heteroatoms. The van der Waals surface area contributed by atoms with Crippen molar-refractivity contribution in [2.45, 2.75) is 0 Å². The molecule has 0 unspecified atom stereocenters. The Morgan fingerprint density at radius 3 is 2.16 bits per heavy atom. The third kappa shape index (κ3) is 3.40. The SMILES string of the molecule is COc1ccc(C(=O)Oc2ccc(Cl)c(Cl)c2)cc1. The van der Waals surface area contributed by atoms with Gasteiger partial charge < -0.3 is 9.47 Å². The predicted octanol–water partition coefficient (Wildman–Crippen LogP) is 4.22. The van der Waals surface area contributed by atoms with Crippen LogP contribution in [0.1, 0.15) is 10.4 Å². The predicted molar refractivity (Wildman–Crippen MR) is 74.4 cm³/mol. The first-order valence-corrected chi connectivity index (χ1v) is 6.17. The molecule has 0 saturated heterocycles. The summed E-state index contributed by atoms with van der Waals surface area (Å²) >= 11 is 11.6. The van der Waals surface area contributed by atoms with Crippen LogP contribution in [0.5, 0.6) is 11.5 Å². The van der Waals surface area contributed by atoms with E-state index < -0.39 is 5.97 Å². The van der Waals surface area contributed by atoms with Gasteiger partial charge in [0.05, 0.1) is 22.7 Å². The standard InChI is InChI=1S/C14H10Cl2O3/c1-18-10-4-2-9(3-5-10)14(17)19-11-6-7-12(15)13(16)8-11/h2-8H,1H3. The van der Waals surface area contributed by atoms with E-state index in [0.29, 0.717) is 27.1 Å². The second-order valence-electron chi connectivity index (χ2n) is 3.69. The highest BCUT2D eigenvalue weighted by Gasteiger charge is 2.09. The smallest absolute Gasteiger partial charge is 0.343 e. The molecule has 0 aliphatic carbocycles. The molecule has 3 nitrogen and oxygen atoms in total. The Kier molecular flexibility index (Phi) is 4.30. The largest absolute Gasteiger partial charge is 0.497 e. The molecule has 2 rings (SSSR count). The summed E-state index contributed by atoms with van der Waals surface area (Å²) < 4.78 is 10.2. The number of hydrogen-bond acceptors (Lipinski definition) is 3. The minimum atomic E-state index is -0.471. The maximum Gasteiger partial charge on any atom is 0.343 e. The number of methoxy groups -OCH3 is 1. The Bertz CT molecular complexity index is 594. The van der Waals surface area contributed by atoms with Gasteiger partial charge in [-0.25, -0.2) is 4.79 Å². The fraction of sp³-hybridized carbons (Fsp3) is 0.0714. The summed E-state index contributed by atoms with van der Waals surface area (Å²) in [5, 5.41) is 0.743. The van der Waals surface area contributed by atoms with Gasteiger partial charge in [-0.3, -0.25) is 0 Å². The second kappa shape index (κ2) is 5.95. The van der Waals surface area contributed by atoms with Crippen molar-refractivity contribution in [1.29, 1.82) is 0 Å². The Hall–Kier alpha value is -1.71. The van der Waals surface area contributed by atoms with Gasteiger partial charge in [0.25, 0.3) is 0 Å². The van der Waals surface area contributed by atoms with E-state index in [4.69, 9.17) is 32.7 Å². The molecule has 98 valence electrons. The fourth-order valence-corrected chi connectivity index (χ4v) is 1.72. The Labute approximate surface area is 120 Å². The van der Waals surface area contributed by atoms with E-state index in [-0.39, 0.29) is 0 Å². The third-order valence-corrected chi connectivity index (χ3v) is 3.17. The minimum absolute atomic E-state index is 0.335. The molecule has 0 N–H and O–H groups in total. The number of esters is 1. The van der Waals surface area contributed by atoms with E-state index in [9.17, 15) is 4.79 Å². The van der Waals surface area contributed by atoms with Crippen molar-refractivity contribution in [2.75, 3.05) is 7.11 Å². The number of benzene rings is 2. The van der Waals surface area contributed by atoms with Crippen molar-refractivity contribution >= 4 is 29.2 Å². The van der Waals surface area contributed by atoms with Crippen molar-refractivity contribution in [1.82, 2.24) is 0 Å². The highest BCUT2D eigenvalue weighted by atomic mass is 35.5. The van der Waals surface area contributed by atoms with E-state index in [1.54, 1.807) is 43.5 Å². The van der Waals surface area contributed by atoms with Gasteiger partial charge in [0.1, 0.15) is 11.5 Å². The summed E-state index contributed by atoms with van der Waals surface area (Å²) in [6.45, 7) is 0. The van der Waals surface area contributed by atoms with Crippen LogP contribution in [0.3, 0.4) is 0 Å². The van der Waals surface area contributed by atoms with E-state index in [1.165, 1.54) is 6.07 Å². The summed E-state index contributed by atoms with van der Waals surface area (Å²) in [5.41, 5.74) is 0.423. The van der Waals surface area contributed by atoms with Crippen LogP contribution in [0.25, 0.3) is 0 Å². The number of halogens is 2. The first-order chi connectivity index (χ1) is 9.10. The monoisotopic (exact) mass is 296 g/mol. The van der Waals surface area contributed by atoms with Crippen molar-refractivity contribution in [3.63, 3.8) is 0 Å². The number of hydrogen-bond donors (Lipinski definition) is 0. The molecule has 19 heavy (non-hydrogen) atoms. The minimum Gasteiger partial charge on any atom is -0.497 e. The average molecular weight is 297 g/mol. The molecule has 0 amide bonds. The van der Waals surface area contributed by atoms with E-state index in [0.717, 1.165) is 0 Å². The van der Waals surface area contributed by atoms with Gasteiger partial charge in [-0.15, -0.1) is 0 Å². The Morgan fingerprint density at radius 2 is 1.58 bits per heavy atom. The summed E-state index contributed by atoms with van der Waals surface area (Å²) in [6.07, 6.45) is 0. The summed E-state index contributed by atoms with van der Waals surface area (Å²) in [4.78, 5) is 11.9. The number of carbonyl (C=O) groups is 1. The van der Waals surface area contributed by atoms with Crippen molar-refractivity contribution in [3.8, 4) is 11.5 Å². The lowest BCUT2D eigenvalue weighted by molar-refractivity contribution is 0.0735. The third-order valence-electron chi connectivity index (χ3n) is 2.43. The lowest BCUT2D eigenvalue weighted by Crippen LogP contribution is -2.08. The van der Waals surface area contributed by atoms with Gasteiger partial charge in [0, 0.05) is 6.07 Å². The van der Waals surface area contributed by atoms with Crippen LogP contribution in [-0.2, 0) is 0 Å². The molecule has 0 radical (unpaired) electrons. The number of carbonyl (C=O) groups excluding carboxylic acids is 1. The zero-order chi connectivity index (χ0) is 13.8. The lowest BCUT2D eigenvalue weighted by atomic mass is 10.2. The van der Waals surface area contributed by atoms with E-state index in [2.05, 4.69) is 0 Å². The molecule has 0 aliphatic heterocycles. The molecule has 0 atom stereocenters. The Balaban J connectivity index is 2.13. The summed E-state index contributed by atoms with van der Waals surface area (Å²) in [6, 6.07) is 11.3. The molecule has 2 aromatic carbocycles. The van der Waals surface area contributed by atoms with Crippen LogP contribution >= 0.6 is 23.2 Å². The molecule has 0 saturated carbocycles. The maximum absolute atomic E-state index is 11.9. The molecule has 0 spiro atoms. The normalized spacial score (nSPS) is 10.1. The maximum atomic E-state index is 11.9. The zero-order valence-electron chi connectivity index (χ0n) is 10.0. The highest BCUT2D eigenvalue weighted by Crippen LogP contribution is 2.26. The van der Waals surface area contributed by atoms with Gasteiger partial charge in [0.2, 0.25) is 0 Å². The van der Waals surface area contributed by atoms with Crippen molar-refractivity contribution in [2.24, 2.45) is 0 Å². The van der Waals surface area contributed by atoms with Gasteiger partial charge >= 0.3 is 5.97 Å². The lowest BCUT2D eigenvalue weighted by Gasteiger charge is -2.06. The van der Waals surface area contributed by atoms with Crippen molar-refractivity contribution in [3.05, 3.63) is 58.1 Å². The Morgan fingerprint density at radius 1 is 0.947 bits per heavy atom. The summed E-state index contributed by atoms with van der Waals surface area (Å²) in [7, 11) is 1.56. The van der Waals surface area contributed by atoms with Crippen LogP contribution in [0, 0.1) is 0 Å². The number of rotatable bonds is 3. The van der Waals surface area contributed by atoms with E-state index in [1.807, 2.05) is 0 Å². The summed E-state index contributed by atoms with van der Waals surface area (Å²) in [5.74, 6) is 0.544. The first-order valence-electron chi connectivity index (χ1n) is 5.41. The van der Waals surface area contributed by atoms with Gasteiger partial charge in [-0.2, -0.15) is 0 Å². The van der Waals surface area contributed by atoms with Crippen LogP contribution in [-0.4, -0.2) is 13.1 Å². The highest BCUT2D eigenvalue weighted by molar-refractivity contribution is 6.42. The molecule has 0 aliphatic rings. The molecular weight excluding hydrogens is 287 g/mol. The quantitative estimate of drug-likeness (QED) is 0.628. The molecule has 2 aromatic rings. The van der Waals surface area contributed by atoms with Crippen LogP contribution in [0.4, 0.5) is 0 Å². The average Bonchev–Trinajstić information content (AvgIpc) is 2.43. The molecule has 0 heterocycles. The first kappa shape index (κ1) is 13.7. The molecule has 0 aromatic heterocycles. The van der Waals surface area contributed by atoms with Crippen LogP contribution in [0.2, 0.25) is 10.0 Å². The van der Waals surface area contributed by atoms with Crippen LogP contribution < -0.4 is 9.47 Å². The van der Waals surface area contributed by atoms with E-state index >= 15 is 0 Å². The molecule has 0 fully saturated rings.